The normalized spacial score (nSPS) is 10.7. The van der Waals surface area contributed by atoms with Crippen LogP contribution in [0.4, 0.5) is 11.9 Å². The number of anilines is 2. The van der Waals surface area contributed by atoms with Crippen LogP contribution in [0.2, 0.25) is 0 Å². The van der Waals surface area contributed by atoms with Crippen molar-refractivity contribution in [1.82, 2.24) is 34.8 Å². The Morgan fingerprint density at radius 2 is 1.75 bits per heavy atom. The molecule has 154 valence electrons. The summed E-state index contributed by atoms with van der Waals surface area (Å²) in [4.78, 5) is 34.5. The van der Waals surface area contributed by atoms with Crippen LogP contribution in [0.15, 0.2) is 5.16 Å². The van der Waals surface area contributed by atoms with Crippen molar-refractivity contribution in [2.45, 2.75) is 32.9 Å². The van der Waals surface area contributed by atoms with E-state index in [-0.39, 0.29) is 24.1 Å². The number of hydrogen-bond acceptors (Lipinski definition) is 9. The summed E-state index contributed by atoms with van der Waals surface area (Å²) in [6, 6.07) is 0. The molecular weight excluding hydrogens is 382 g/mol. The van der Waals surface area contributed by atoms with Crippen LogP contribution in [0, 0.1) is 0 Å². The van der Waals surface area contributed by atoms with Crippen molar-refractivity contribution >= 4 is 41.3 Å². The minimum absolute atomic E-state index is 0.0144. The van der Waals surface area contributed by atoms with E-state index in [1.54, 1.807) is 9.30 Å². The fourth-order valence-electron chi connectivity index (χ4n) is 2.44. The quantitative estimate of drug-likeness (QED) is 0.453. The van der Waals surface area contributed by atoms with Crippen molar-refractivity contribution in [3.05, 3.63) is 0 Å². The van der Waals surface area contributed by atoms with Gasteiger partial charge in [0.2, 0.25) is 23.7 Å². The predicted octanol–water partition coefficient (Wildman–Crippen LogP) is 0.460. The summed E-state index contributed by atoms with van der Waals surface area (Å²) in [5.41, 5.74) is 0. The lowest BCUT2D eigenvalue weighted by molar-refractivity contribution is -0.132. The van der Waals surface area contributed by atoms with Gasteiger partial charge in [-0.25, -0.2) is 4.40 Å². The first-order chi connectivity index (χ1) is 13.5. The average molecular weight is 410 g/mol. The van der Waals surface area contributed by atoms with E-state index in [2.05, 4.69) is 36.1 Å². The van der Waals surface area contributed by atoms with E-state index < -0.39 is 0 Å². The molecule has 2 rings (SSSR count). The minimum atomic E-state index is -0.252. The van der Waals surface area contributed by atoms with Gasteiger partial charge in [-0.1, -0.05) is 11.8 Å². The standard InChI is InChI=1S/C16H27N9O2S/c1-5-17-13-20-14(18-6-2)25-15(21-13)22-23-16(25)28-10-11(26)19-9-12(27)24(7-3)8-4/h5-10H2,1-4H3,(H,19,26)(H2,17,18,20,21,22). The highest BCUT2D eigenvalue weighted by atomic mass is 32.2. The first-order valence-electron chi connectivity index (χ1n) is 9.32. The van der Waals surface area contributed by atoms with Crippen LogP contribution in [0.1, 0.15) is 27.7 Å². The zero-order valence-corrected chi connectivity index (χ0v) is 17.5. The molecule has 2 heterocycles. The van der Waals surface area contributed by atoms with E-state index >= 15 is 0 Å². The third-order valence-electron chi connectivity index (χ3n) is 3.80. The van der Waals surface area contributed by atoms with Gasteiger partial charge in [0, 0.05) is 26.2 Å². The Balaban J connectivity index is 2.04. The molecule has 3 N–H and O–H groups in total. The van der Waals surface area contributed by atoms with Gasteiger partial charge in [-0.2, -0.15) is 9.97 Å². The van der Waals surface area contributed by atoms with E-state index in [0.717, 1.165) is 0 Å². The molecule has 0 bridgehead atoms. The lowest BCUT2D eigenvalue weighted by Crippen LogP contribution is -2.40. The van der Waals surface area contributed by atoms with Crippen LogP contribution in [-0.4, -0.2) is 79.8 Å². The summed E-state index contributed by atoms with van der Waals surface area (Å²) >= 11 is 1.21. The average Bonchev–Trinajstić information content (AvgIpc) is 3.09. The zero-order chi connectivity index (χ0) is 20.5. The number of thioether (sulfide) groups is 1. The summed E-state index contributed by atoms with van der Waals surface area (Å²) in [6.07, 6.45) is 0. The van der Waals surface area contributed by atoms with Crippen LogP contribution in [0.3, 0.4) is 0 Å². The lowest BCUT2D eigenvalue weighted by atomic mass is 10.4. The molecule has 2 aromatic heterocycles. The zero-order valence-electron chi connectivity index (χ0n) is 16.7. The molecule has 0 fully saturated rings. The number of carbonyl (C=O) groups excluding carboxylic acids is 2. The summed E-state index contributed by atoms with van der Waals surface area (Å²) in [7, 11) is 0. The van der Waals surface area contributed by atoms with Gasteiger partial charge in [-0.3, -0.25) is 9.59 Å². The van der Waals surface area contributed by atoms with Crippen LogP contribution in [-0.2, 0) is 9.59 Å². The van der Waals surface area contributed by atoms with E-state index in [4.69, 9.17) is 0 Å². The number of carbonyl (C=O) groups is 2. The van der Waals surface area contributed by atoms with Gasteiger partial charge >= 0.3 is 0 Å². The summed E-state index contributed by atoms with van der Waals surface area (Å²) in [5, 5.41) is 17.5. The molecule has 0 atom stereocenters. The number of nitrogens with one attached hydrogen (secondary N) is 3. The molecule has 0 radical (unpaired) electrons. The van der Waals surface area contributed by atoms with E-state index in [1.165, 1.54) is 11.8 Å². The highest BCUT2D eigenvalue weighted by Crippen LogP contribution is 2.20. The Kier molecular flexibility index (Phi) is 8.23. The van der Waals surface area contributed by atoms with Crippen molar-refractivity contribution in [3.63, 3.8) is 0 Å². The first kappa shape index (κ1) is 21.7. The van der Waals surface area contributed by atoms with Gasteiger partial charge in [-0.15, -0.1) is 10.2 Å². The Morgan fingerprint density at radius 1 is 1.04 bits per heavy atom. The topological polar surface area (TPSA) is 129 Å². The maximum Gasteiger partial charge on any atom is 0.261 e. The minimum Gasteiger partial charge on any atom is -0.355 e. The van der Waals surface area contributed by atoms with Crippen LogP contribution in [0.25, 0.3) is 5.78 Å². The lowest BCUT2D eigenvalue weighted by Gasteiger charge is -2.18. The number of amides is 2. The highest BCUT2D eigenvalue weighted by Gasteiger charge is 2.16. The van der Waals surface area contributed by atoms with Gasteiger partial charge in [-0.05, 0) is 27.7 Å². The second-order valence-electron chi connectivity index (χ2n) is 5.68. The summed E-state index contributed by atoms with van der Waals surface area (Å²) < 4.78 is 1.67. The third kappa shape index (κ3) is 5.44. The first-order valence-corrected chi connectivity index (χ1v) is 10.3. The smallest absolute Gasteiger partial charge is 0.261 e. The number of fused-ring (bicyclic) bond motifs is 1. The summed E-state index contributed by atoms with van der Waals surface area (Å²) in [5.74, 6) is 1.15. The Morgan fingerprint density at radius 3 is 2.39 bits per heavy atom. The Hall–Kier alpha value is -2.63. The van der Waals surface area contributed by atoms with Crippen LogP contribution in [0.5, 0.6) is 0 Å². The number of rotatable bonds is 11. The van der Waals surface area contributed by atoms with E-state index in [9.17, 15) is 9.59 Å². The summed E-state index contributed by atoms with van der Waals surface area (Å²) in [6.45, 7) is 10.3. The number of nitrogens with zero attached hydrogens (tertiary/aromatic N) is 6. The molecule has 0 saturated heterocycles. The monoisotopic (exact) mass is 409 g/mol. The van der Waals surface area contributed by atoms with Crippen molar-refractivity contribution in [2.75, 3.05) is 49.1 Å². The van der Waals surface area contributed by atoms with Crippen LogP contribution >= 0.6 is 11.8 Å². The third-order valence-corrected chi connectivity index (χ3v) is 4.73. The van der Waals surface area contributed by atoms with Crippen molar-refractivity contribution in [1.29, 1.82) is 0 Å². The number of hydrogen-bond donors (Lipinski definition) is 3. The molecule has 0 aliphatic heterocycles. The Bertz CT molecular complexity index is 807. The predicted molar refractivity (Wildman–Crippen MR) is 109 cm³/mol. The molecule has 12 heteroatoms. The molecule has 28 heavy (non-hydrogen) atoms. The van der Waals surface area contributed by atoms with Gasteiger partial charge in [0.25, 0.3) is 5.78 Å². The fraction of sp³-hybridized carbons (Fsp3) is 0.625. The molecule has 0 aliphatic rings. The van der Waals surface area contributed by atoms with Crippen molar-refractivity contribution in [3.8, 4) is 0 Å². The second-order valence-corrected chi connectivity index (χ2v) is 6.62. The Labute approximate surface area is 168 Å². The molecule has 0 aliphatic carbocycles. The van der Waals surface area contributed by atoms with Gasteiger partial charge < -0.3 is 20.9 Å². The molecule has 11 nitrogen and oxygen atoms in total. The van der Waals surface area contributed by atoms with E-state index in [1.807, 2.05) is 27.7 Å². The molecular formula is C16H27N9O2S. The van der Waals surface area contributed by atoms with Crippen molar-refractivity contribution in [2.24, 2.45) is 0 Å². The van der Waals surface area contributed by atoms with Crippen LogP contribution < -0.4 is 16.0 Å². The molecule has 2 amide bonds. The van der Waals surface area contributed by atoms with E-state index in [0.29, 0.717) is 49.0 Å². The maximum absolute atomic E-state index is 12.1. The number of aromatic nitrogens is 5. The fourth-order valence-corrected chi connectivity index (χ4v) is 3.20. The molecule has 2 aromatic rings. The number of likely N-dealkylation sites (N-methyl/N-ethyl adjacent to an activating group) is 1. The molecule has 0 unspecified atom stereocenters. The maximum atomic E-state index is 12.1. The van der Waals surface area contributed by atoms with Gasteiger partial charge in [0.15, 0.2) is 5.16 Å². The van der Waals surface area contributed by atoms with Crippen molar-refractivity contribution < 1.29 is 9.59 Å². The second kappa shape index (κ2) is 10.6. The highest BCUT2D eigenvalue weighted by molar-refractivity contribution is 7.99. The SMILES string of the molecule is CCNc1nc(NCC)n2c(SCC(=O)NCC(=O)N(CC)CC)nnc2n1. The van der Waals surface area contributed by atoms with Gasteiger partial charge in [0.1, 0.15) is 0 Å². The molecule has 0 aromatic carbocycles. The van der Waals surface area contributed by atoms with Gasteiger partial charge in [0.05, 0.1) is 12.3 Å². The largest absolute Gasteiger partial charge is 0.355 e. The molecule has 0 saturated carbocycles. The molecule has 0 spiro atoms.